The van der Waals surface area contributed by atoms with Crippen molar-refractivity contribution in [1.29, 1.82) is 0 Å². The summed E-state index contributed by atoms with van der Waals surface area (Å²) in [6, 6.07) is 0.262. The summed E-state index contributed by atoms with van der Waals surface area (Å²) in [5.41, 5.74) is 0. The summed E-state index contributed by atoms with van der Waals surface area (Å²) in [6.07, 6.45) is 2.79. The summed E-state index contributed by atoms with van der Waals surface area (Å²) in [7, 11) is 0. The minimum Gasteiger partial charge on any atom is -0.377 e. The maximum Gasteiger partial charge on any atom is 0.222 e. The average molecular weight is 185 g/mol. The first-order valence-electron chi connectivity index (χ1n) is 5.13. The lowest BCUT2D eigenvalue weighted by Gasteiger charge is -2.33. The minimum atomic E-state index is 0.262. The van der Waals surface area contributed by atoms with Gasteiger partial charge in [0.1, 0.15) is 0 Å². The van der Waals surface area contributed by atoms with Gasteiger partial charge in [0, 0.05) is 13.0 Å². The van der Waals surface area contributed by atoms with E-state index in [0.717, 1.165) is 19.4 Å². The van der Waals surface area contributed by atoms with E-state index in [1.165, 1.54) is 0 Å². The van der Waals surface area contributed by atoms with Gasteiger partial charge in [0.05, 0.1) is 19.3 Å². The summed E-state index contributed by atoms with van der Waals surface area (Å²) in [5, 5.41) is 0. The van der Waals surface area contributed by atoms with Gasteiger partial charge < -0.3 is 9.64 Å². The first-order chi connectivity index (χ1) is 6.25. The van der Waals surface area contributed by atoms with Gasteiger partial charge in [-0.1, -0.05) is 13.3 Å². The number of unbranched alkanes of at least 4 members (excludes halogenated alkanes) is 1. The Hall–Kier alpha value is -0.570. The highest BCUT2D eigenvalue weighted by molar-refractivity contribution is 5.76. The molecule has 0 saturated carbocycles. The van der Waals surface area contributed by atoms with Crippen LogP contribution in [0.4, 0.5) is 0 Å². The van der Waals surface area contributed by atoms with Crippen LogP contribution in [0.2, 0.25) is 0 Å². The number of carbonyl (C=O) groups excluding carboxylic acids is 1. The molecule has 0 aromatic carbocycles. The van der Waals surface area contributed by atoms with E-state index in [1.807, 2.05) is 11.8 Å². The Kier molecular flexibility index (Phi) is 4.22. The second kappa shape index (κ2) is 5.22. The van der Waals surface area contributed by atoms with Crippen LogP contribution in [0.3, 0.4) is 0 Å². The van der Waals surface area contributed by atoms with Crippen LogP contribution in [0.5, 0.6) is 0 Å². The SMILES string of the molecule is CCCCC(=O)N1CCOCC1C. The van der Waals surface area contributed by atoms with Gasteiger partial charge in [-0.25, -0.2) is 0 Å². The summed E-state index contributed by atoms with van der Waals surface area (Å²) >= 11 is 0. The topological polar surface area (TPSA) is 29.5 Å². The molecule has 3 nitrogen and oxygen atoms in total. The van der Waals surface area contributed by atoms with Gasteiger partial charge in [0.15, 0.2) is 0 Å². The Balaban J connectivity index is 2.35. The van der Waals surface area contributed by atoms with E-state index in [1.54, 1.807) is 0 Å². The molecule has 0 N–H and O–H groups in total. The second-order valence-electron chi connectivity index (χ2n) is 3.61. The van der Waals surface area contributed by atoms with Crippen molar-refractivity contribution in [1.82, 2.24) is 4.90 Å². The summed E-state index contributed by atoms with van der Waals surface area (Å²) < 4.78 is 5.27. The van der Waals surface area contributed by atoms with Gasteiger partial charge in [0.2, 0.25) is 5.91 Å². The molecule has 0 aromatic rings. The normalized spacial score (nSPS) is 23.2. The summed E-state index contributed by atoms with van der Waals surface area (Å²) in [5.74, 6) is 0.289. The first kappa shape index (κ1) is 10.5. The molecule has 1 saturated heterocycles. The molecule has 1 unspecified atom stereocenters. The summed E-state index contributed by atoms with van der Waals surface area (Å²) in [6.45, 7) is 6.31. The van der Waals surface area contributed by atoms with Crippen molar-refractivity contribution in [3.63, 3.8) is 0 Å². The standard InChI is InChI=1S/C10H19NO2/c1-3-4-5-10(12)11-6-7-13-8-9(11)2/h9H,3-8H2,1-2H3. The molecule has 13 heavy (non-hydrogen) atoms. The van der Waals surface area contributed by atoms with Crippen LogP contribution in [-0.4, -0.2) is 36.6 Å². The number of morpholine rings is 1. The van der Waals surface area contributed by atoms with Gasteiger partial charge in [-0.15, -0.1) is 0 Å². The van der Waals surface area contributed by atoms with Crippen LogP contribution in [0.15, 0.2) is 0 Å². The molecule has 76 valence electrons. The van der Waals surface area contributed by atoms with E-state index < -0.39 is 0 Å². The fourth-order valence-corrected chi connectivity index (χ4v) is 1.57. The third-order valence-corrected chi connectivity index (χ3v) is 2.43. The molecule has 1 amide bonds. The number of rotatable bonds is 3. The minimum absolute atomic E-state index is 0.262. The van der Waals surface area contributed by atoms with Gasteiger partial charge in [0.25, 0.3) is 0 Å². The molecular formula is C10H19NO2. The van der Waals surface area contributed by atoms with Crippen molar-refractivity contribution in [3.05, 3.63) is 0 Å². The van der Waals surface area contributed by atoms with Gasteiger partial charge in [-0.3, -0.25) is 4.79 Å². The molecule has 1 aliphatic rings. The van der Waals surface area contributed by atoms with Crippen LogP contribution in [0.1, 0.15) is 33.1 Å². The number of carbonyl (C=O) groups is 1. The monoisotopic (exact) mass is 185 g/mol. The summed E-state index contributed by atoms with van der Waals surface area (Å²) in [4.78, 5) is 13.6. The Labute approximate surface area is 80.1 Å². The Morgan fingerprint density at radius 1 is 1.62 bits per heavy atom. The van der Waals surface area contributed by atoms with Crippen LogP contribution in [-0.2, 0) is 9.53 Å². The molecule has 1 aliphatic heterocycles. The van der Waals surface area contributed by atoms with E-state index >= 15 is 0 Å². The Morgan fingerprint density at radius 2 is 2.38 bits per heavy atom. The van der Waals surface area contributed by atoms with E-state index in [9.17, 15) is 4.79 Å². The van der Waals surface area contributed by atoms with E-state index in [4.69, 9.17) is 4.74 Å². The van der Waals surface area contributed by atoms with Gasteiger partial charge in [-0.2, -0.15) is 0 Å². The fourth-order valence-electron chi connectivity index (χ4n) is 1.57. The Bertz CT molecular complexity index is 170. The zero-order valence-electron chi connectivity index (χ0n) is 8.58. The molecule has 1 atom stereocenters. The molecule has 1 fully saturated rings. The highest BCUT2D eigenvalue weighted by Gasteiger charge is 2.22. The highest BCUT2D eigenvalue weighted by Crippen LogP contribution is 2.09. The van der Waals surface area contributed by atoms with Gasteiger partial charge >= 0.3 is 0 Å². The fraction of sp³-hybridized carbons (Fsp3) is 0.900. The maximum absolute atomic E-state index is 11.6. The lowest BCUT2D eigenvalue weighted by Crippen LogP contribution is -2.47. The number of nitrogens with zero attached hydrogens (tertiary/aromatic N) is 1. The molecule has 0 spiro atoms. The number of ether oxygens (including phenoxy) is 1. The zero-order valence-corrected chi connectivity index (χ0v) is 8.58. The third-order valence-electron chi connectivity index (χ3n) is 2.43. The van der Waals surface area contributed by atoms with E-state index in [0.29, 0.717) is 19.6 Å². The predicted molar refractivity (Wildman–Crippen MR) is 51.5 cm³/mol. The molecule has 0 bridgehead atoms. The van der Waals surface area contributed by atoms with Crippen LogP contribution in [0, 0.1) is 0 Å². The predicted octanol–water partition coefficient (Wildman–Crippen LogP) is 1.42. The first-order valence-corrected chi connectivity index (χ1v) is 5.13. The van der Waals surface area contributed by atoms with Crippen LogP contribution < -0.4 is 0 Å². The van der Waals surface area contributed by atoms with Crippen LogP contribution >= 0.6 is 0 Å². The number of amides is 1. The van der Waals surface area contributed by atoms with Gasteiger partial charge in [-0.05, 0) is 13.3 Å². The zero-order chi connectivity index (χ0) is 9.68. The molecule has 1 rings (SSSR count). The maximum atomic E-state index is 11.6. The largest absolute Gasteiger partial charge is 0.377 e. The van der Waals surface area contributed by atoms with Crippen molar-refractivity contribution in [2.75, 3.05) is 19.8 Å². The smallest absolute Gasteiger partial charge is 0.222 e. The van der Waals surface area contributed by atoms with Crippen molar-refractivity contribution in [3.8, 4) is 0 Å². The number of hydrogen-bond donors (Lipinski definition) is 0. The average Bonchev–Trinajstić information content (AvgIpc) is 2.15. The van der Waals surface area contributed by atoms with E-state index in [-0.39, 0.29) is 11.9 Å². The van der Waals surface area contributed by atoms with Crippen molar-refractivity contribution in [2.24, 2.45) is 0 Å². The molecule has 3 heteroatoms. The molecule has 0 aromatic heterocycles. The quantitative estimate of drug-likeness (QED) is 0.665. The lowest BCUT2D eigenvalue weighted by atomic mass is 10.2. The lowest BCUT2D eigenvalue weighted by molar-refractivity contribution is -0.139. The Morgan fingerprint density at radius 3 is 3.00 bits per heavy atom. The van der Waals surface area contributed by atoms with Crippen molar-refractivity contribution >= 4 is 5.91 Å². The van der Waals surface area contributed by atoms with E-state index in [2.05, 4.69) is 6.92 Å². The molecule has 0 aliphatic carbocycles. The molecule has 1 heterocycles. The highest BCUT2D eigenvalue weighted by atomic mass is 16.5. The molecule has 0 radical (unpaired) electrons. The third kappa shape index (κ3) is 2.99. The molecular weight excluding hydrogens is 166 g/mol. The van der Waals surface area contributed by atoms with Crippen LogP contribution in [0.25, 0.3) is 0 Å². The van der Waals surface area contributed by atoms with Crippen molar-refractivity contribution in [2.45, 2.75) is 39.2 Å². The number of hydrogen-bond acceptors (Lipinski definition) is 2. The second-order valence-corrected chi connectivity index (χ2v) is 3.61. The van der Waals surface area contributed by atoms with Crippen molar-refractivity contribution < 1.29 is 9.53 Å².